The zero-order chi connectivity index (χ0) is 9.10. The molecule has 0 bridgehead atoms. The third kappa shape index (κ3) is 2.26. The number of pyridine rings is 1. The highest BCUT2D eigenvalue weighted by atomic mass is 79.9. The van der Waals surface area contributed by atoms with Gasteiger partial charge in [0.05, 0.1) is 6.20 Å². The van der Waals surface area contributed by atoms with Crippen LogP contribution in [0, 0.1) is 0 Å². The number of hydrogen-bond acceptors (Lipinski definition) is 4. The van der Waals surface area contributed by atoms with Crippen LogP contribution in [0.4, 0.5) is 0 Å². The van der Waals surface area contributed by atoms with Gasteiger partial charge < -0.3 is 4.74 Å². The van der Waals surface area contributed by atoms with Gasteiger partial charge in [-0.1, -0.05) is 11.3 Å². The minimum atomic E-state index is 0.611. The lowest BCUT2D eigenvalue weighted by atomic mass is 10.5. The lowest BCUT2D eigenvalue weighted by Crippen LogP contribution is -1.82. The molecule has 0 saturated carbocycles. The fraction of sp³-hybridized carbons (Fsp3) is 0. The van der Waals surface area contributed by atoms with Crippen molar-refractivity contribution in [1.29, 1.82) is 0 Å². The van der Waals surface area contributed by atoms with E-state index in [4.69, 9.17) is 4.74 Å². The molecule has 13 heavy (non-hydrogen) atoms. The van der Waals surface area contributed by atoms with E-state index in [0.717, 1.165) is 4.60 Å². The van der Waals surface area contributed by atoms with E-state index in [1.807, 2.05) is 17.5 Å². The van der Waals surface area contributed by atoms with Crippen molar-refractivity contribution in [3.8, 4) is 10.9 Å². The molecular formula is C8H5BrN2OS. The van der Waals surface area contributed by atoms with E-state index < -0.39 is 0 Å². The zero-order valence-electron chi connectivity index (χ0n) is 6.48. The Morgan fingerprint density at radius 3 is 3.00 bits per heavy atom. The van der Waals surface area contributed by atoms with Crippen LogP contribution in [0.2, 0.25) is 0 Å². The van der Waals surface area contributed by atoms with E-state index in [1.54, 1.807) is 12.4 Å². The number of aromatic nitrogens is 2. The van der Waals surface area contributed by atoms with E-state index >= 15 is 0 Å². The Labute approximate surface area is 87.5 Å². The summed E-state index contributed by atoms with van der Waals surface area (Å²) < 4.78 is 6.20. The second-order valence-electron chi connectivity index (χ2n) is 2.23. The molecule has 5 heteroatoms. The van der Waals surface area contributed by atoms with Crippen LogP contribution in [0.1, 0.15) is 0 Å². The van der Waals surface area contributed by atoms with Gasteiger partial charge in [-0.15, -0.1) is 0 Å². The maximum atomic E-state index is 5.41. The molecule has 0 amide bonds. The molecule has 0 spiro atoms. The van der Waals surface area contributed by atoms with Crippen LogP contribution in [-0.2, 0) is 0 Å². The SMILES string of the molecule is Brc1csc(Oc2cccnc2)n1. The van der Waals surface area contributed by atoms with Crippen molar-refractivity contribution in [2.24, 2.45) is 0 Å². The van der Waals surface area contributed by atoms with Crippen molar-refractivity contribution in [2.45, 2.75) is 0 Å². The van der Waals surface area contributed by atoms with E-state index in [-0.39, 0.29) is 0 Å². The Kier molecular flexibility index (Phi) is 2.56. The normalized spacial score (nSPS) is 9.92. The summed E-state index contributed by atoms with van der Waals surface area (Å²) in [4.78, 5) is 8.02. The topological polar surface area (TPSA) is 35.0 Å². The van der Waals surface area contributed by atoms with Gasteiger partial charge in [0.2, 0.25) is 0 Å². The second kappa shape index (κ2) is 3.85. The Morgan fingerprint density at radius 2 is 2.38 bits per heavy atom. The third-order valence-electron chi connectivity index (χ3n) is 1.29. The molecule has 0 unspecified atom stereocenters. The fourth-order valence-corrected chi connectivity index (χ4v) is 1.90. The van der Waals surface area contributed by atoms with Crippen molar-refractivity contribution in [3.05, 3.63) is 34.5 Å². The van der Waals surface area contributed by atoms with Crippen LogP contribution in [0.3, 0.4) is 0 Å². The van der Waals surface area contributed by atoms with Gasteiger partial charge in [0, 0.05) is 11.6 Å². The molecule has 0 N–H and O–H groups in total. The van der Waals surface area contributed by atoms with Gasteiger partial charge in [0.15, 0.2) is 0 Å². The average molecular weight is 257 g/mol. The Hall–Kier alpha value is -0.940. The zero-order valence-corrected chi connectivity index (χ0v) is 8.88. The smallest absolute Gasteiger partial charge is 0.279 e. The molecule has 0 saturated heterocycles. The first-order valence-corrected chi connectivity index (χ1v) is 5.21. The van der Waals surface area contributed by atoms with Crippen LogP contribution in [-0.4, -0.2) is 9.97 Å². The molecule has 0 aliphatic rings. The molecule has 0 aliphatic carbocycles. The highest BCUT2D eigenvalue weighted by Gasteiger charge is 2.01. The van der Waals surface area contributed by atoms with E-state index in [2.05, 4.69) is 25.9 Å². The number of hydrogen-bond donors (Lipinski definition) is 0. The standard InChI is InChI=1S/C8H5BrN2OS/c9-7-5-13-8(11-7)12-6-2-1-3-10-4-6/h1-5H. The van der Waals surface area contributed by atoms with Gasteiger partial charge in [0.1, 0.15) is 10.4 Å². The molecule has 2 rings (SSSR count). The van der Waals surface area contributed by atoms with Crippen LogP contribution in [0.5, 0.6) is 10.9 Å². The Bertz CT molecular complexity index is 390. The first-order valence-electron chi connectivity index (χ1n) is 3.53. The minimum Gasteiger partial charge on any atom is -0.429 e. The second-order valence-corrected chi connectivity index (χ2v) is 3.86. The van der Waals surface area contributed by atoms with E-state index in [9.17, 15) is 0 Å². The number of ether oxygens (including phenoxy) is 1. The third-order valence-corrected chi connectivity index (χ3v) is 2.72. The number of rotatable bonds is 2. The summed E-state index contributed by atoms with van der Waals surface area (Å²) in [5, 5.41) is 2.48. The lowest BCUT2D eigenvalue weighted by molar-refractivity contribution is 0.476. The fourth-order valence-electron chi connectivity index (χ4n) is 0.794. The molecule has 0 radical (unpaired) electrons. The number of halogens is 1. The maximum absolute atomic E-state index is 5.41. The van der Waals surface area contributed by atoms with E-state index in [0.29, 0.717) is 10.9 Å². The van der Waals surface area contributed by atoms with Crippen molar-refractivity contribution >= 4 is 27.3 Å². The summed E-state index contributed by atoms with van der Waals surface area (Å²) in [5.74, 6) is 0.698. The average Bonchev–Trinajstić information content (AvgIpc) is 2.53. The van der Waals surface area contributed by atoms with Crippen LogP contribution >= 0.6 is 27.3 Å². The van der Waals surface area contributed by atoms with Gasteiger partial charge in [-0.05, 0) is 28.1 Å². The molecule has 3 nitrogen and oxygen atoms in total. The monoisotopic (exact) mass is 256 g/mol. The summed E-state index contributed by atoms with van der Waals surface area (Å²) in [7, 11) is 0. The summed E-state index contributed by atoms with van der Waals surface area (Å²) in [6.07, 6.45) is 3.35. The van der Waals surface area contributed by atoms with Gasteiger partial charge in [-0.3, -0.25) is 4.98 Å². The number of thiazole rings is 1. The quantitative estimate of drug-likeness (QED) is 0.829. The Morgan fingerprint density at radius 1 is 1.46 bits per heavy atom. The van der Waals surface area contributed by atoms with Crippen molar-refractivity contribution in [2.75, 3.05) is 0 Å². The molecule has 0 fully saturated rings. The Balaban J connectivity index is 2.15. The molecule has 2 aromatic rings. The van der Waals surface area contributed by atoms with E-state index in [1.165, 1.54) is 11.3 Å². The molecule has 66 valence electrons. The van der Waals surface area contributed by atoms with Crippen LogP contribution < -0.4 is 4.74 Å². The summed E-state index contributed by atoms with van der Waals surface area (Å²) in [5.41, 5.74) is 0. The summed E-state index contributed by atoms with van der Waals surface area (Å²) >= 11 is 4.69. The van der Waals surface area contributed by atoms with Gasteiger partial charge in [-0.2, -0.15) is 4.98 Å². The number of nitrogens with zero attached hydrogens (tertiary/aromatic N) is 2. The minimum absolute atomic E-state index is 0.611. The lowest BCUT2D eigenvalue weighted by Gasteiger charge is -1.98. The first kappa shape index (κ1) is 8.65. The predicted octanol–water partition coefficient (Wildman–Crippen LogP) is 3.09. The van der Waals surface area contributed by atoms with Crippen LogP contribution in [0.25, 0.3) is 0 Å². The maximum Gasteiger partial charge on any atom is 0.279 e. The van der Waals surface area contributed by atoms with Gasteiger partial charge in [0.25, 0.3) is 5.19 Å². The van der Waals surface area contributed by atoms with Crippen LogP contribution in [0.15, 0.2) is 34.5 Å². The van der Waals surface area contributed by atoms with Gasteiger partial charge >= 0.3 is 0 Å². The highest BCUT2D eigenvalue weighted by molar-refractivity contribution is 9.10. The summed E-state index contributed by atoms with van der Waals surface area (Å²) in [6, 6.07) is 3.65. The first-order chi connectivity index (χ1) is 6.34. The molecular weight excluding hydrogens is 252 g/mol. The molecule has 0 atom stereocenters. The van der Waals surface area contributed by atoms with Crippen molar-refractivity contribution in [1.82, 2.24) is 9.97 Å². The predicted molar refractivity (Wildman–Crippen MR) is 54.1 cm³/mol. The molecule has 2 heterocycles. The molecule has 0 aliphatic heterocycles. The van der Waals surface area contributed by atoms with Crippen molar-refractivity contribution < 1.29 is 4.74 Å². The highest BCUT2D eigenvalue weighted by Crippen LogP contribution is 2.26. The largest absolute Gasteiger partial charge is 0.429 e. The van der Waals surface area contributed by atoms with Crippen molar-refractivity contribution in [3.63, 3.8) is 0 Å². The molecule has 2 aromatic heterocycles. The van der Waals surface area contributed by atoms with Gasteiger partial charge in [-0.25, -0.2) is 0 Å². The summed E-state index contributed by atoms with van der Waals surface area (Å²) in [6.45, 7) is 0. The molecule has 0 aromatic carbocycles.